The summed E-state index contributed by atoms with van der Waals surface area (Å²) in [7, 11) is 2.09. The Morgan fingerprint density at radius 1 is 1.12 bits per heavy atom. The molecule has 0 radical (unpaired) electrons. The average Bonchev–Trinajstić information content (AvgIpc) is 2.63. The van der Waals surface area contributed by atoms with E-state index in [9.17, 15) is 9.59 Å². The number of hydrogen-bond acceptors (Lipinski definition) is 3. The second-order valence-corrected chi connectivity index (χ2v) is 7.28. The van der Waals surface area contributed by atoms with Crippen molar-refractivity contribution >= 4 is 11.8 Å². The predicted octanol–water partition coefficient (Wildman–Crippen LogP) is 1.59. The van der Waals surface area contributed by atoms with Gasteiger partial charge in [0, 0.05) is 6.04 Å². The van der Waals surface area contributed by atoms with Crippen LogP contribution in [0.15, 0.2) is 42.5 Å². The molecule has 2 amide bonds. The van der Waals surface area contributed by atoms with Gasteiger partial charge in [0.25, 0.3) is 0 Å². The Morgan fingerprint density at radius 3 is 2.40 bits per heavy atom. The Labute approximate surface area is 149 Å². The van der Waals surface area contributed by atoms with Crippen LogP contribution in [0, 0.1) is 5.92 Å². The number of nitrogens with one attached hydrogen (secondary N) is 1. The van der Waals surface area contributed by atoms with E-state index in [2.05, 4.69) is 17.3 Å². The molecule has 1 aliphatic carbocycles. The van der Waals surface area contributed by atoms with Crippen molar-refractivity contribution in [2.45, 2.75) is 37.1 Å². The third-order valence-corrected chi connectivity index (χ3v) is 5.72. The first kappa shape index (κ1) is 17.7. The van der Waals surface area contributed by atoms with Crippen molar-refractivity contribution in [2.75, 3.05) is 20.1 Å². The normalized spacial score (nSPS) is 26.1. The van der Waals surface area contributed by atoms with E-state index in [1.54, 1.807) is 0 Å². The first-order valence-corrected chi connectivity index (χ1v) is 9.02. The first-order chi connectivity index (χ1) is 12.0. The maximum Gasteiger partial charge on any atom is 0.231 e. The van der Waals surface area contributed by atoms with E-state index in [1.807, 2.05) is 42.5 Å². The molecule has 0 saturated carbocycles. The largest absolute Gasteiger partial charge is 0.369 e. The van der Waals surface area contributed by atoms with Gasteiger partial charge in [-0.15, -0.1) is 0 Å². The summed E-state index contributed by atoms with van der Waals surface area (Å²) in [5, 5.41) is 3.16. The highest BCUT2D eigenvalue weighted by Gasteiger charge is 2.43. The molecule has 1 aromatic rings. The topological polar surface area (TPSA) is 75.4 Å². The molecule has 0 bridgehead atoms. The summed E-state index contributed by atoms with van der Waals surface area (Å²) in [6.45, 7) is 1.76. The van der Waals surface area contributed by atoms with Gasteiger partial charge in [0.1, 0.15) is 0 Å². The highest BCUT2D eigenvalue weighted by molar-refractivity contribution is 5.89. The van der Waals surface area contributed by atoms with Gasteiger partial charge in [-0.05, 0) is 51.4 Å². The fourth-order valence-electron chi connectivity index (χ4n) is 4.00. The summed E-state index contributed by atoms with van der Waals surface area (Å²) in [5.74, 6) is -0.641. The SMILES string of the molecule is CN1CCC(C(=O)N[C@@H]2CC=CC[C@H]2C(N)=O)(c2ccccc2)CC1. The Hall–Kier alpha value is -2.14. The van der Waals surface area contributed by atoms with Crippen LogP contribution in [-0.2, 0) is 15.0 Å². The van der Waals surface area contributed by atoms with E-state index in [0.717, 1.165) is 31.5 Å². The molecule has 1 saturated heterocycles. The summed E-state index contributed by atoms with van der Waals surface area (Å²) >= 11 is 0. The van der Waals surface area contributed by atoms with Crippen molar-refractivity contribution in [3.8, 4) is 0 Å². The number of allylic oxidation sites excluding steroid dienone is 1. The highest BCUT2D eigenvalue weighted by Crippen LogP contribution is 2.36. The van der Waals surface area contributed by atoms with Gasteiger partial charge in [-0.1, -0.05) is 42.5 Å². The average molecular weight is 341 g/mol. The highest BCUT2D eigenvalue weighted by atomic mass is 16.2. The zero-order valence-electron chi connectivity index (χ0n) is 14.8. The fraction of sp³-hybridized carbons (Fsp3) is 0.500. The van der Waals surface area contributed by atoms with Crippen LogP contribution in [0.1, 0.15) is 31.2 Å². The molecule has 0 aromatic heterocycles. The second kappa shape index (κ2) is 7.40. The van der Waals surface area contributed by atoms with Crippen LogP contribution in [0.5, 0.6) is 0 Å². The fourth-order valence-corrected chi connectivity index (χ4v) is 4.00. The van der Waals surface area contributed by atoms with Crippen LogP contribution in [0.3, 0.4) is 0 Å². The molecule has 2 aliphatic rings. The van der Waals surface area contributed by atoms with Crippen molar-refractivity contribution in [3.05, 3.63) is 48.0 Å². The third kappa shape index (κ3) is 3.61. The van der Waals surface area contributed by atoms with Crippen molar-refractivity contribution in [1.29, 1.82) is 0 Å². The molecular formula is C20H27N3O2. The molecular weight excluding hydrogens is 314 g/mol. The molecule has 2 atom stereocenters. The summed E-state index contributed by atoms with van der Waals surface area (Å²) in [4.78, 5) is 27.4. The number of carbonyl (C=O) groups excluding carboxylic acids is 2. The maximum atomic E-state index is 13.4. The van der Waals surface area contributed by atoms with Gasteiger partial charge in [0.2, 0.25) is 11.8 Å². The van der Waals surface area contributed by atoms with Gasteiger partial charge in [-0.25, -0.2) is 0 Å². The number of carbonyl (C=O) groups is 2. The molecule has 25 heavy (non-hydrogen) atoms. The molecule has 134 valence electrons. The molecule has 3 N–H and O–H groups in total. The zero-order chi connectivity index (χ0) is 17.9. The van der Waals surface area contributed by atoms with E-state index in [0.29, 0.717) is 12.8 Å². The van der Waals surface area contributed by atoms with Crippen LogP contribution < -0.4 is 11.1 Å². The van der Waals surface area contributed by atoms with E-state index in [1.165, 1.54) is 0 Å². The van der Waals surface area contributed by atoms with Crippen molar-refractivity contribution in [1.82, 2.24) is 10.2 Å². The van der Waals surface area contributed by atoms with Crippen LogP contribution in [-0.4, -0.2) is 42.9 Å². The molecule has 3 rings (SSSR count). The van der Waals surface area contributed by atoms with Crippen LogP contribution in [0.4, 0.5) is 0 Å². The lowest BCUT2D eigenvalue weighted by Gasteiger charge is -2.41. The minimum Gasteiger partial charge on any atom is -0.369 e. The first-order valence-electron chi connectivity index (χ1n) is 9.02. The Balaban J connectivity index is 1.85. The van der Waals surface area contributed by atoms with Gasteiger partial charge in [-0.2, -0.15) is 0 Å². The second-order valence-electron chi connectivity index (χ2n) is 7.28. The smallest absolute Gasteiger partial charge is 0.231 e. The van der Waals surface area contributed by atoms with Crippen molar-refractivity contribution < 1.29 is 9.59 Å². The lowest BCUT2D eigenvalue weighted by atomic mass is 9.71. The number of benzene rings is 1. The molecule has 5 nitrogen and oxygen atoms in total. The quantitative estimate of drug-likeness (QED) is 0.817. The standard InChI is InChI=1S/C20H27N3O2/c1-23-13-11-20(12-14-23,15-7-3-2-4-8-15)19(25)22-17-10-6-5-9-16(17)18(21)24/h2-8,16-17H,9-14H2,1H3,(H2,21,24)(H,22,25)/t16-,17-/m1/s1. The van der Waals surface area contributed by atoms with E-state index in [-0.39, 0.29) is 23.8 Å². The molecule has 1 heterocycles. The molecule has 1 aromatic carbocycles. The number of amides is 2. The lowest BCUT2D eigenvalue weighted by Crippen LogP contribution is -2.55. The monoisotopic (exact) mass is 341 g/mol. The maximum absolute atomic E-state index is 13.4. The van der Waals surface area contributed by atoms with Crippen LogP contribution >= 0.6 is 0 Å². The van der Waals surface area contributed by atoms with Gasteiger partial charge in [0.15, 0.2) is 0 Å². The number of piperidine rings is 1. The van der Waals surface area contributed by atoms with Crippen molar-refractivity contribution in [2.24, 2.45) is 11.7 Å². The molecule has 1 aliphatic heterocycles. The third-order valence-electron chi connectivity index (χ3n) is 5.72. The summed E-state index contributed by atoms with van der Waals surface area (Å²) in [5.41, 5.74) is 6.07. The predicted molar refractivity (Wildman–Crippen MR) is 97.8 cm³/mol. The Morgan fingerprint density at radius 2 is 1.76 bits per heavy atom. The van der Waals surface area contributed by atoms with Crippen LogP contribution in [0.2, 0.25) is 0 Å². The minimum atomic E-state index is -0.531. The summed E-state index contributed by atoms with van der Waals surface area (Å²) < 4.78 is 0. The lowest BCUT2D eigenvalue weighted by molar-refractivity contribution is -0.130. The Bertz CT molecular complexity index is 648. The number of likely N-dealkylation sites (tertiary alicyclic amines) is 1. The van der Waals surface area contributed by atoms with Gasteiger partial charge >= 0.3 is 0 Å². The summed E-state index contributed by atoms with van der Waals surface area (Å²) in [6, 6.07) is 9.81. The van der Waals surface area contributed by atoms with E-state index in [4.69, 9.17) is 5.73 Å². The number of hydrogen-bond donors (Lipinski definition) is 2. The number of rotatable bonds is 4. The number of nitrogens with two attached hydrogens (primary N) is 1. The summed E-state index contributed by atoms with van der Waals surface area (Å²) in [6.07, 6.45) is 6.81. The minimum absolute atomic E-state index is 0.0263. The molecule has 5 heteroatoms. The Kier molecular flexibility index (Phi) is 5.23. The van der Waals surface area contributed by atoms with Crippen LogP contribution in [0.25, 0.3) is 0 Å². The number of primary amides is 1. The van der Waals surface area contributed by atoms with Crippen molar-refractivity contribution in [3.63, 3.8) is 0 Å². The van der Waals surface area contributed by atoms with E-state index < -0.39 is 5.41 Å². The van der Waals surface area contributed by atoms with Gasteiger partial charge in [-0.3, -0.25) is 9.59 Å². The van der Waals surface area contributed by atoms with E-state index >= 15 is 0 Å². The van der Waals surface area contributed by atoms with Gasteiger partial charge in [0.05, 0.1) is 11.3 Å². The number of nitrogens with zero attached hydrogens (tertiary/aromatic N) is 1. The zero-order valence-corrected chi connectivity index (χ0v) is 14.8. The molecule has 1 fully saturated rings. The van der Waals surface area contributed by atoms with Gasteiger partial charge < -0.3 is 16.0 Å². The molecule has 0 unspecified atom stereocenters. The molecule has 0 spiro atoms.